The maximum atomic E-state index is 12.8. The van der Waals surface area contributed by atoms with Crippen molar-refractivity contribution in [2.45, 2.75) is 180 Å². The first-order valence-electron chi connectivity index (χ1n) is 23.8. The zero-order valence-electron chi connectivity index (χ0n) is 39.3. The number of quaternary nitrogens is 1. The average Bonchev–Trinajstić information content (AvgIpc) is 3.22. The molecular formula is C52H88NO8+. The van der Waals surface area contributed by atoms with Gasteiger partial charge in [0.05, 0.1) is 34.4 Å². The lowest BCUT2D eigenvalue weighted by Gasteiger charge is -2.25. The SMILES string of the molecule is CC/C=C\C/C=C\C/C=C\C/C=C\C/C=C\C/C=C\CCCCCCC(=O)OC(COC(=O)CCCCCCC/C=C\CCCCCC)COC(OCC[N+](C)(C)C)C(=O)O. The van der Waals surface area contributed by atoms with Crippen molar-refractivity contribution < 1.29 is 42.9 Å². The molecule has 0 aliphatic heterocycles. The second kappa shape index (κ2) is 43.1. The summed E-state index contributed by atoms with van der Waals surface area (Å²) >= 11 is 0. The number of allylic oxidation sites excluding steroid dienone is 14. The summed E-state index contributed by atoms with van der Waals surface area (Å²) < 4.78 is 22.7. The van der Waals surface area contributed by atoms with E-state index in [9.17, 15) is 19.5 Å². The van der Waals surface area contributed by atoms with E-state index in [2.05, 4.69) is 98.9 Å². The van der Waals surface area contributed by atoms with E-state index in [-0.39, 0.29) is 38.6 Å². The van der Waals surface area contributed by atoms with Gasteiger partial charge in [0.2, 0.25) is 0 Å². The normalized spacial score (nSPS) is 13.7. The van der Waals surface area contributed by atoms with Gasteiger partial charge in [0.15, 0.2) is 6.10 Å². The van der Waals surface area contributed by atoms with E-state index in [4.69, 9.17) is 18.9 Å². The van der Waals surface area contributed by atoms with Crippen LogP contribution in [0.25, 0.3) is 0 Å². The zero-order valence-corrected chi connectivity index (χ0v) is 39.3. The molecule has 2 atom stereocenters. The van der Waals surface area contributed by atoms with Crippen LogP contribution >= 0.6 is 0 Å². The summed E-state index contributed by atoms with van der Waals surface area (Å²) in [7, 11) is 5.94. The maximum absolute atomic E-state index is 12.8. The highest BCUT2D eigenvalue weighted by molar-refractivity contribution is 5.71. The van der Waals surface area contributed by atoms with Gasteiger partial charge in [-0.3, -0.25) is 9.59 Å². The Bertz CT molecular complexity index is 1270. The quantitative estimate of drug-likeness (QED) is 0.0213. The van der Waals surface area contributed by atoms with Gasteiger partial charge in [-0.1, -0.05) is 150 Å². The fourth-order valence-electron chi connectivity index (χ4n) is 5.95. The van der Waals surface area contributed by atoms with Crippen LogP contribution in [0.5, 0.6) is 0 Å². The second-order valence-corrected chi connectivity index (χ2v) is 16.7. The number of carboxylic acids is 1. The Morgan fingerprint density at radius 1 is 0.508 bits per heavy atom. The second-order valence-electron chi connectivity index (χ2n) is 16.7. The Morgan fingerprint density at radius 2 is 0.934 bits per heavy atom. The van der Waals surface area contributed by atoms with Crippen molar-refractivity contribution in [1.82, 2.24) is 0 Å². The van der Waals surface area contributed by atoms with Crippen LogP contribution in [0.4, 0.5) is 0 Å². The molecule has 0 aliphatic carbocycles. The molecular weight excluding hydrogens is 767 g/mol. The van der Waals surface area contributed by atoms with Gasteiger partial charge < -0.3 is 28.5 Å². The van der Waals surface area contributed by atoms with Gasteiger partial charge in [-0.2, -0.15) is 0 Å². The fraction of sp³-hybridized carbons (Fsp3) is 0.673. The third kappa shape index (κ3) is 44.3. The number of esters is 2. The summed E-state index contributed by atoms with van der Waals surface area (Å²) in [5, 5.41) is 9.64. The van der Waals surface area contributed by atoms with E-state index in [0.717, 1.165) is 103 Å². The molecule has 0 bridgehead atoms. The number of carbonyl (C=O) groups excluding carboxylic acids is 2. The van der Waals surface area contributed by atoms with Crippen LogP contribution in [0.15, 0.2) is 85.1 Å². The summed E-state index contributed by atoms with van der Waals surface area (Å²) in [5.41, 5.74) is 0. The number of rotatable bonds is 42. The Morgan fingerprint density at radius 3 is 1.41 bits per heavy atom. The number of hydrogen-bond acceptors (Lipinski definition) is 7. The molecule has 0 saturated heterocycles. The molecule has 348 valence electrons. The van der Waals surface area contributed by atoms with Crippen molar-refractivity contribution in [3.8, 4) is 0 Å². The average molecular weight is 855 g/mol. The summed E-state index contributed by atoms with van der Waals surface area (Å²) in [4.78, 5) is 37.2. The summed E-state index contributed by atoms with van der Waals surface area (Å²) in [5.74, 6) is -2.07. The minimum absolute atomic E-state index is 0.176. The third-order valence-electron chi connectivity index (χ3n) is 9.64. The van der Waals surface area contributed by atoms with Gasteiger partial charge in [-0.05, 0) is 89.9 Å². The fourth-order valence-corrected chi connectivity index (χ4v) is 5.95. The zero-order chi connectivity index (χ0) is 44.9. The van der Waals surface area contributed by atoms with E-state index in [0.29, 0.717) is 17.4 Å². The molecule has 0 spiro atoms. The van der Waals surface area contributed by atoms with Crippen LogP contribution < -0.4 is 0 Å². The van der Waals surface area contributed by atoms with Gasteiger partial charge in [0.1, 0.15) is 13.2 Å². The molecule has 0 aromatic carbocycles. The summed E-state index contributed by atoms with van der Waals surface area (Å²) in [6.45, 7) is 4.68. The van der Waals surface area contributed by atoms with Crippen molar-refractivity contribution in [1.29, 1.82) is 0 Å². The molecule has 0 fully saturated rings. The third-order valence-corrected chi connectivity index (χ3v) is 9.64. The van der Waals surface area contributed by atoms with E-state index in [1.165, 1.54) is 32.1 Å². The highest BCUT2D eigenvalue weighted by atomic mass is 16.7. The Kier molecular flexibility index (Phi) is 40.6. The van der Waals surface area contributed by atoms with Crippen LogP contribution in [0, 0.1) is 0 Å². The van der Waals surface area contributed by atoms with Gasteiger partial charge in [-0.15, -0.1) is 0 Å². The molecule has 0 radical (unpaired) electrons. The number of carboxylic acid groups (broad SMARTS) is 1. The van der Waals surface area contributed by atoms with Crippen LogP contribution in [-0.4, -0.2) is 87.4 Å². The number of nitrogens with zero attached hydrogens (tertiary/aromatic N) is 1. The predicted molar refractivity (Wildman–Crippen MR) is 253 cm³/mol. The van der Waals surface area contributed by atoms with Crippen molar-refractivity contribution >= 4 is 17.9 Å². The number of carbonyl (C=O) groups is 3. The lowest BCUT2D eigenvalue weighted by atomic mass is 10.1. The predicted octanol–water partition coefficient (Wildman–Crippen LogP) is 12.9. The standard InChI is InChI=1S/C52H87NO8/c1-6-8-10-12-14-16-18-20-21-22-23-24-25-26-27-28-29-31-33-35-37-39-41-43-50(55)61-48(47-60-52(51(56)57)58-45-44-53(3,4)5)46-59-49(54)42-40-38-36-34-32-30-19-17-15-13-11-9-7-2/h8,10,14,16-17,19-21,23-24,26-27,29,31,48,52H,6-7,9,11-13,15,18,22,25,28,30,32-47H2,1-5H3/p+1/b10-8-,16-14-,19-17-,21-20-,24-23-,27-26-,31-29-. The number of likely N-dealkylation sites (N-methyl/N-ethyl adjacent to an activating group) is 1. The lowest BCUT2D eigenvalue weighted by molar-refractivity contribution is -0.870. The molecule has 0 aromatic rings. The molecule has 0 aliphatic rings. The van der Waals surface area contributed by atoms with Crippen LogP contribution in [-0.2, 0) is 33.3 Å². The number of hydrogen-bond donors (Lipinski definition) is 1. The highest BCUT2D eigenvalue weighted by Gasteiger charge is 2.25. The Hall–Kier alpha value is -3.53. The molecule has 0 amide bonds. The molecule has 0 saturated carbocycles. The van der Waals surface area contributed by atoms with E-state index in [1.54, 1.807) is 0 Å². The van der Waals surface area contributed by atoms with Gasteiger partial charge in [-0.25, -0.2) is 4.79 Å². The summed E-state index contributed by atoms with van der Waals surface area (Å²) in [6.07, 6.45) is 52.1. The van der Waals surface area contributed by atoms with Crippen molar-refractivity contribution in [2.75, 3.05) is 47.5 Å². The summed E-state index contributed by atoms with van der Waals surface area (Å²) in [6, 6.07) is 0. The van der Waals surface area contributed by atoms with Gasteiger partial charge in [0.25, 0.3) is 6.29 Å². The minimum atomic E-state index is -1.52. The molecule has 9 nitrogen and oxygen atoms in total. The molecule has 2 unspecified atom stereocenters. The first-order valence-corrected chi connectivity index (χ1v) is 23.8. The highest BCUT2D eigenvalue weighted by Crippen LogP contribution is 2.12. The topological polar surface area (TPSA) is 108 Å². The molecule has 61 heavy (non-hydrogen) atoms. The first kappa shape index (κ1) is 57.5. The molecule has 0 rings (SSSR count). The van der Waals surface area contributed by atoms with E-state index < -0.39 is 24.3 Å². The van der Waals surface area contributed by atoms with Gasteiger partial charge in [0, 0.05) is 12.8 Å². The number of ether oxygens (including phenoxy) is 4. The Balaban J connectivity index is 4.47. The Labute approximate surface area is 372 Å². The molecule has 1 N–H and O–H groups in total. The van der Waals surface area contributed by atoms with Crippen LogP contribution in [0.3, 0.4) is 0 Å². The van der Waals surface area contributed by atoms with Crippen LogP contribution in [0.1, 0.15) is 168 Å². The van der Waals surface area contributed by atoms with Crippen molar-refractivity contribution in [3.05, 3.63) is 85.1 Å². The number of unbranched alkanes of at least 4 members (excludes halogenated alkanes) is 13. The van der Waals surface area contributed by atoms with E-state index >= 15 is 0 Å². The van der Waals surface area contributed by atoms with E-state index in [1.807, 2.05) is 21.1 Å². The molecule has 0 heterocycles. The largest absolute Gasteiger partial charge is 0.477 e. The van der Waals surface area contributed by atoms with Crippen LogP contribution in [0.2, 0.25) is 0 Å². The lowest BCUT2D eigenvalue weighted by Crippen LogP contribution is -2.40. The smallest absolute Gasteiger partial charge is 0.361 e. The monoisotopic (exact) mass is 855 g/mol. The van der Waals surface area contributed by atoms with Gasteiger partial charge >= 0.3 is 17.9 Å². The minimum Gasteiger partial charge on any atom is -0.477 e. The first-order chi connectivity index (χ1) is 29.6. The maximum Gasteiger partial charge on any atom is 0.361 e. The number of aliphatic carboxylic acids is 1. The van der Waals surface area contributed by atoms with Crippen molar-refractivity contribution in [3.63, 3.8) is 0 Å². The van der Waals surface area contributed by atoms with Crippen molar-refractivity contribution in [2.24, 2.45) is 0 Å². The molecule has 0 aromatic heterocycles. The molecule has 9 heteroatoms.